The highest BCUT2D eigenvalue weighted by Gasteiger charge is 2.14. The summed E-state index contributed by atoms with van der Waals surface area (Å²) in [7, 11) is 1.91. The molecule has 6 heterocycles. The molecule has 0 N–H and O–H groups in total. The summed E-state index contributed by atoms with van der Waals surface area (Å²) in [6.45, 7) is 1.21. The predicted molar refractivity (Wildman–Crippen MR) is 111 cm³/mol. The molecule has 0 radical (unpaired) electrons. The molecule has 0 bridgehead atoms. The fraction of sp³-hybridized carbons (Fsp3) is 0.143. The quantitative estimate of drug-likeness (QED) is 0.455. The van der Waals surface area contributed by atoms with Crippen LogP contribution in [0.1, 0.15) is 11.4 Å². The number of pyridine rings is 3. The fourth-order valence-electron chi connectivity index (χ4n) is 3.77. The minimum atomic E-state index is 0.504. The Morgan fingerprint density at radius 3 is 2.83 bits per heavy atom. The molecule has 0 saturated heterocycles. The number of hydrogen-bond acceptors (Lipinski definition) is 6. The Kier molecular flexibility index (Phi) is 3.61. The fourth-order valence-corrected chi connectivity index (χ4v) is 3.77. The van der Waals surface area contributed by atoms with E-state index in [1.54, 1.807) is 17.1 Å². The zero-order chi connectivity index (χ0) is 20.1. The van der Waals surface area contributed by atoms with E-state index in [1.165, 1.54) is 0 Å². The average molecular weight is 395 g/mol. The van der Waals surface area contributed by atoms with Crippen molar-refractivity contribution in [3.05, 3.63) is 73.0 Å². The maximum atomic E-state index is 4.72. The molecule has 2 aliphatic rings. The molecule has 0 unspecified atom stereocenters. The van der Waals surface area contributed by atoms with Gasteiger partial charge in [-0.1, -0.05) is 0 Å². The molecule has 9 heteroatoms. The van der Waals surface area contributed by atoms with E-state index in [9.17, 15) is 0 Å². The van der Waals surface area contributed by atoms with Crippen LogP contribution in [0.3, 0.4) is 0 Å². The molecule has 0 aromatic carbocycles. The molecule has 146 valence electrons. The van der Waals surface area contributed by atoms with Crippen molar-refractivity contribution >= 4 is 21.9 Å². The highest BCUT2D eigenvalue weighted by Crippen LogP contribution is 2.22. The van der Waals surface area contributed by atoms with Crippen molar-refractivity contribution in [2.45, 2.75) is 13.1 Å². The summed E-state index contributed by atoms with van der Waals surface area (Å²) in [6.07, 6.45) is 13.3. The van der Waals surface area contributed by atoms with Gasteiger partial charge in [0.05, 0.1) is 23.6 Å². The van der Waals surface area contributed by atoms with E-state index >= 15 is 0 Å². The first-order valence-corrected chi connectivity index (χ1v) is 9.58. The van der Waals surface area contributed by atoms with Crippen LogP contribution in [0.2, 0.25) is 0 Å². The SMILES string of the molecule is Cn1cc2c(Cn3ccc4nc(Cn5ncc6ccncc65)nc-4c3)ccnc2n1. The minimum Gasteiger partial charge on any atom is -0.348 e. The highest BCUT2D eigenvalue weighted by molar-refractivity contribution is 5.78. The molecule has 0 spiro atoms. The lowest BCUT2D eigenvalue weighted by atomic mass is 10.2. The summed E-state index contributed by atoms with van der Waals surface area (Å²) in [6, 6.07) is 5.97. The summed E-state index contributed by atoms with van der Waals surface area (Å²) in [4.78, 5) is 17.9. The van der Waals surface area contributed by atoms with Crippen LogP contribution in [-0.2, 0) is 20.1 Å². The lowest BCUT2D eigenvalue weighted by Gasteiger charge is -2.08. The number of hydrogen-bond donors (Lipinski definition) is 0. The lowest BCUT2D eigenvalue weighted by Crippen LogP contribution is -2.03. The monoisotopic (exact) mass is 395 g/mol. The van der Waals surface area contributed by atoms with Gasteiger partial charge in [0.15, 0.2) is 11.5 Å². The predicted octanol–water partition coefficient (Wildman–Crippen LogP) is 2.51. The number of imidazole rings is 1. The van der Waals surface area contributed by atoms with Crippen LogP contribution in [0.15, 0.2) is 61.6 Å². The van der Waals surface area contributed by atoms with Gasteiger partial charge in [0.2, 0.25) is 0 Å². The summed E-state index contributed by atoms with van der Waals surface area (Å²) in [5, 5.41) is 10.9. The van der Waals surface area contributed by atoms with E-state index in [4.69, 9.17) is 4.98 Å². The van der Waals surface area contributed by atoms with E-state index in [2.05, 4.69) is 29.7 Å². The number of fused-ring (bicyclic) bond motifs is 3. The Morgan fingerprint density at radius 1 is 0.933 bits per heavy atom. The Morgan fingerprint density at radius 2 is 1.87 bits per heavy atom. The summed E-state index contributed by atoms with van der Waals surface area (Å²) in [5.74, 6) is 0.732. The number of rotatable bonds is 4. The molecule has 6 rings (SSSR count). The van der Waals surface area contributed by atoms with Crippen LogP contribution in [0.25, 0.3) is 33.3 Å². The topological polar surface area (TPSA) is 92.1 Å². The van der Waals surface area contributed by atoms with Gasteiger partial charge in [0, 0.05) is 55.3 Å². The highest BCUT2D eigenvalue weighted by atomic mass is 15.3. The second-order valence-corrected chi connectivity index (χ2v) is 7.27. The summed E-state index contributed by atoms with van der Waals surface area (Å²) < 4.78 is 5.77. The summed E-state index contributed by atoms with van der Waals surface area (Å²) >= 11 is 0. The molecule has 4 aromatic heterocycles. The van der Waals surface area contributed by atoms with Crippen molar-refractivity contribution in [2.24, 2.45) is 7.05 Å². The van der Waals surface area contributed by atoms with Crippen molar-refractivity contribution in [1.82, 2.24) is 44.1 Å². The first-order chi connectivity index (χ1) is 14.7. The van der Waals surface area contributed by atoms with Gasteiger partial charge < -0.3 is 4.57 Å². The van der Waals surface area contributed by atoms with Gasteiger partial charge in [-0.05, 0) is 23.8 Å². The lowest BCUT2D eigenvalue weighted by molar-refractivity contribution is 0.684. The normalized spacial score (nSPS) is 11.8. The zero-order valence-corrected chi connectivity index (χ0v) is 16.2. The van der Waals surface area contributed by atoms with E-state index in [0.29, 0.717) is 13.1 Å². The molecule has 2 aliphatic heterocycles. The molecule has 0 saturated carbocycles. The molecular weight excluding hydrogens is 378 g/mol. The second kappa shape index (κ2) is 6.45. The third kappa shape index (κ3) is 2.79. The summed E-state index contributed by atoms with van der Waals surface area (Å²) in [5.41, 5.74) is 4.62. The Labute approximate surface area is 171 Å². The molecular formula is C21H17N9. The van der Waals surface area contributed by atoms with Crippen molar-refractivity contribution in [1.29, 1.82) is 0 Å². The maximum Gasteiger partial charge on any atom is 0.181 e. The minimum absolute atomic E-state index is 0.504. The second-order valence-electron chi connectivity index (χ2n) is 7.27. The van der Waals surface area contributed by atoms with E-state index in [0.717, 1.165) is 44.7 Å². The van der Waals surface area contributed by atoms with Crippen molar-refractivity contribution in [3.8, 4) is 11.4 Å². The zero-order valence-electron chi connectivity index (χ0n) is 16.2. The Bertz CT molecular complexity index is 1470. The van der Waals surface area contributed by atoms with E-state index in [-0.39, 0.29) is 0 Å². The van der Waals surface area contributed by atoms with Gasteiger partial charge in [-0.15, -0.1) is 0 Å². The van der Waals surface area contributed by atoms with Crippen LogP contribution in [0.4, 0.5) is 0 Å². The van der Waals surface area contributed by atoms with Crippen LogP contribution < -0.4 is 0 Å². The van der Waals surface area contributed by atoms with Crippen molar-refractivity contribution in [3.63, 3.8) is 0 Å². The molecule has 0 atom stereocenters. The van der Waals surface area contributed by atoms with Crippen molar-refractivity contribution < 1.29 is 0 Å². The third-order valence-electron chi connectivity index (χ3n) is 5.19. The van der Waals surface area contributed by atoms with Gasteiger partial charge in [0.1, 0.15) is 12.2 Å². The van der Waals surface area contributed by atoms with Gasteiger partial charge >= 0.3 is 0 Å². The van der Waals surface area contributed by atoms with Crippen LogP contribution in [0, 0.1) is 0 Å². The Hall–Kier alpha value is -4.14. The molecule has 0 amide bonds. The first kappa shape index (κ1) is 16.8. The van der Waals surface area contributed by atoms with Gasteiger partial charge in [-0.2, -0.15) is 10.2 Å². The standard InChI is InChI=1S/C21H17N9/c1-28-11-16-15(3-6-23-21(16)27-28)10-29-7-4-17-18(12-29)26-20(25-17)13-30-19-9-22-5-2-14(19)8-24-30/h2-9,11-12H,10,13H2,1H3. The van der Waals surface area contributed by atoms with Crippen LogP contribution >= 0.6 is 0 Å². The van der Waals surface area contributed by atoms with Crippen LogP contribution in [-0.4, -0.2) is 44.1 Å². The maximum absolute atomic E-state index is 4.72. The van der Waals surface area contributed by atoms with Crippen molar-refractivity contribution in [2.75, 3.05) is 0 Å². The molecule has 9 nitrogen and oxygen atoms in total. The smallest absolute Gasteiger partial charge is 0.181 e. The van der Waals surface area contributed by atoms with Gasteiger partial charge in [0.25, 0.3) is 0 Å². The molecule has 0 fully saturated rings. The van der Waals surface area contributed by atoms with Crippen LogP contribution in [0.5, 0.6) is 0 Å². The van der Waals surface area contributed by atoms with E-state index in [1.807, 2.05) is 60.9 Å². The largest absolute Gasteiger partial charge is 0.348 e. The molecule has 0 aliphatic carbocycles. The Balaban J connectivity index is 1.32. The average Bonchev–Trinajstić information content (AvgIpc) is 3.44. The molecule has 4 aromatic rings. The first-order valence-electron chi connectivity index (χ1n) is 9.58. The number of aromatic nitrogens is 9. The van der Waals surface area contributed by atoms with Gasteiger partial charge in [-0.3, -0.25) is 14.3 Å². The number of aryl methyl sites for hydroxylation is 1. The van der Waals surface area contributed by atoms with Gasteiger partial charge in [-0.25, -0.2) is 15.0 Å². The number of nitrogens with zero attached hydrogens (tertiary/aromatic N) is 9. The third-order valence-corrected chi connectivity index (χ3v) is 5.19. The molecule has 30 heavy (non-hydrogen) atoms. The van der Waals surface area contributed by atoms with E-state index < -0.39 is 0 Å².